The molecule has 1 saturated heterocycles. The molecule has 0 bridgehead atoms. The van der Waals surface area contributed by atoms with Crippen molar-refractivity contribution >= 4 is 45.0 Å². The Kier molecular flexibility index (Phi) is 5.55. The Labute approximate surface area is 173 Å². The van der Waals surface area contributed by atoms with E-state index in [9.17, 15) is 4.79 Å². The van der Waals surface area contributed by atoms with Gasteiger partial charge in [0.2, 0.25) is 5.91 Å². The quantitative estimate of drug-likeness (QED) is 0.590. The molecule has 3 heterocycles. The number of piperidine rings is 1. The van der Waals surface area contributed by atoms with Crippen LogP contribution < -0.4 is 4.90 Å². The number of thiophene rings is 1. The molecule has 5 nitrogen and oxygen atoms in total. The molecule has 4 rings (SSSR count). The van der Waals surface area contributed by atoms with Crippen LogP contribution >= 0.6 is 23.1 Å². The van der Waals surface area contributed by atoms with Gasteiger partial charge in [0.05, 0.1) is 10.2 Å². The van der Waals surface area contributed by atoms with Crippen LogP contribution in [0, 0.1) is 0 Å². The summed E-state index contributed by atoms with van der Waals surface area (Å²) < 4.78 is 1.13. The summed E-state index contributed by atoms with van der Waals surface area (Å²) in [7, 11) is 2.11. The molecule has 1 aromatic carbocycles. The van der Waals surface area contributed by atoms with Gasteiger partial charge in [-0.3, -0.25) is 4.79 Å². The Balaban J connectivity index is 1.62. The molecule has 1 aliphatic heterocycles. The highest BCUT2D eigenvalue weighted by atomic mass is 32.2. The molecule has 1 aliphatic rings. The molecule has 0 aliphatic carbocycles. The highest BCUT2D eigenvalue weighted by Crippen LogP contribution is 2.38. The van der Waals surface area contributed by atoms with Crippen molar-refractivity contribution in [3.8, 4) is 11.1 Å². The van der Waals surface area contributed by atoms with Crippen molar-refractivity contribution in [2.45, 2.75) is 30.7 Å². The summed E-state index contributed by atoms with van der Waals surface area (Å²) in [6.07, 6.45) is 5.70. The number of carbonyl (C=O) groups excluding carboxylic acids is 1. The van der Waals surface area contributed by atoms with Crippen LogP contribution in [0.5, 0.6) is 0 Å². The van der Waals surface area contributed by atoms with Gasteiger partial charge in [0.25, 0.3) is 0 Å². The lowest BCUT2D eigenvalue weighted by Crippen LogP contribution is -2.45. The van der Waals surface area contributed by atoms with Gasteiger partial charge in [-0.05, 0) is 36.8 Å². The van der Waals surface area contributed by atoms with Crippen molar-refractivity contribution in [1.29, 1.82) is 0 Å². The number of hydrogen-bond acceptors (Lipinski definition) is 6. The van der Waals surface area contributed by atoms with Crippen molar-refractivity contribution in [3.05, 3.63) is 36.0 Å². The number of aromatic nitrogens is 2. The zero-order chi connectivity index (χ0) is 19.7. The summed E-state index contributed by atoms with van der Waals surface area (Å²) in [5.74, 6) is 1.16. The summed E-state index contributed by atoms with van der Waals surface area (Å²) >= 11 is 3.45. The van der Waals surface area contributed by atoms with Crippen LogP contribution in [0.15, 0.2) is 40.9 Å². The third-order valence-corrected chi connectivity index (χ3v) is 7.24. The fraction of sp³-hybridized carbons (Fsp3) is 0.381. The van der Waals surface area contributed by atoms with Gasteiger partial charge in [-0.2, -0.15) is 0 Å². The second kappa shape index (κ2) is 8.09. The van der Waals surface area contributed by atoms with E-state index in [4.69, 9.17) is 0 Å². The number of rotatable bonds is 4. The van der Waals surface area contributed by atoms with Gasteiger partial charge in [-0.1, -0.05) is 12.1 Å². The molecule has 1 fully saturated rings. The zero-order valence-electron chi connectivity index (χ0n) is 16.4. The fourth-order valence-electron chi connectivity index (χ4n) is 3.81. The molecule has 0 radical (unpaired) electrons. The van der Waals surface area contributed by atoms with Crippen molar-refractivity contribution < 1.29 is 4.79 Å². The van der Waals surface area contributed by atoms with E-state index < -0.39 is 0 Å². The number of benzene rings is 1. The first kappa shape index (κ1) is 19.2. The third kappa shape index (κ3) is 3.61. The first-order valence-corrected chi connectivity index (χ1v) is 11.5. The van der Waals surface area contributed by atoms with Gasteiger partial charge in [-0.25, -0.2) is 9.97 Å². The molecule has 3 aromatic rings. The van der Waals surface area contributed by atoms with E-state index in [1.807, 2.05) is 4.90 Å². The molecule has 1 amide bonds. The standard InChI is InChI=1S/C21H24N4OS2/c1-14(26)25-10-8-16(9-11-25)24(2)21-20-19(22-13-23-21)18(12-28-20)15-4-6-17(27-3)7-5-15/h4-7,12-13,16H,8-11H2,1-3H3. The second-order valence-corrected chi connectivity index (χ2v) is 8.86. The fourth-order valence-corrected chi connectivity index (χ4v) is 5.27. The molecule has 2 aromatic heterocycles. The smallest absolute Gasteiger partial charge is 0.219 e. The second-order valence-electron chi connectivity index (χ2n) is 7.10. The molecule has 0 saturated carbocycles. The van der Waals surface area contributed by atoms with Crippen LogP contribution in [0.4, 0.5) is 5.82 Å². The van der Waals surface area contributed by atoms with E-state index in [-0.39, 0.29) is 5.91 Å². The normalized spacial score (nSPS) is 15.2. The van der Waals surface area contributed by atoms with E-state index in [1.54, 1.807) is 36.3 Å². The summed E-state index contributed by atoms with van der Waals surface area (Å²) in [6.45, 7) is 3.28. The van der Waals surface area contributed by atoms with Crippen LogP contribution in [0.1, 0.15) is 19.8 Å². The Morgan fingerprint density at radius 3 is 2.57 bits per heavy atom. The van der Waals surface area contributed by atoms with Crippen LogP contribution in [0.25, 0.3) is 21.3 Å². The number of anilines is 1. The monoisotopic (exact) mass is 412 g/mol. The van der Waals surface area contributed by atoms with Crippen molar-refractivity contribution in [3.63, 3.8) is 0 Å². The minimum Gasteiger partial charge on any atom is -0.355 e. The number of nitrogens with zero attached hydrogens (tertiary/aromatic N) is 4. The molecule has 7 heteroatoms. The van der Waals surface area contributed by atoms with Gasteiger partial charge in [0, 0.05) is 48.9 Å². The number of amides is 1. The number of likely N-dealkylation sites (tertiary alicyclic amines) is 1. The third-order valence-electron chi connectivity index (χ3n) is 5.53. The van der Waals surface area contributed by atoms with E-state index in [1.165, 1.54) is 10.5 Å². The van der Waals surface area contributed by atoms with Crippen molar-refractivity contribution in [1.82, 2.24) is 14.9 Å². The van der Waals surface area contributed by atoms with E-state index in [2.05, 4.69) is 57.8 Å². The lowest BCUT2D eigenvalue weighted by Gasteiger charge is -2.37. The first-order chi connectivity index (χ1) is 13.6. The van der Waals surface area contributed by atoms with Crippen molar-refractivity contribution in [2.75, 3.05) is 31.3 Å². The average molecular weight is 413 g/mol. The summed E-state index contributed by atoms with van der Waals surface area (Å²) in [5, 5.41) is 2.18. The number of fused-ring (bicyclic) bond motifs is 1. The molecule has 28 heavy (non-hydrogen) atoms. The van der Waals surface area contributed by atoms with E-state index in [0.29, 0.717) is 6.04 Å². The molecule has 0 unspecified atom stereocenters. The van der Waals surface area contributed by atoms with Crippen LogP contribution in [0.3, 0.4) is 0 Å². The Bertz CT molecular complexity index is 978. The minimum absolute atomic E-state index is 0.168. The minimum atomic E-state index is 0.168. The lowest BCUT2D eigenvalue weighted by molar-refractivity contribution is -0.129. The summed E-state index contributed by atoms with van der Waals surface area (Å²) in [5.41, 5.74) is 3.36. The Morgan fingerprint density at radius 2 is 1.93 bits per heavy atom. The van der Waals surface area contributed by atoms with Crippen LogP contribution in [0.2, 0.25) is 0 Å². The predicted molar refractivity (Wildman–Crippen MR) is 118 cm³/mol. The SMILES string of the molecule is CSc1ccc(-c2csc3c(N(C)C4CCN(C(C)=O)CC4)ncnc23)cc1. The number of carbonyl (C=O) groups is 1. The van der Waals surface area contributed by atoms with E-state index >= 15 is 0 Å². The lowest BCUT2D eigenvalue weighted by atomic mass is 10.0. The molecule has 146 valence electrons. The first-order valence-electron chi connectivity index (χ1n) is 9.43. The van der Waals surface area contributed by atoms with Crippen LogP contribution in [-0.2, 0) is 4.79 Å². The largest absolute Gasteiger partial charge is 0.355 e. The van der Waals surface area contributed by atoms with Gasteiger partial charge in [0.1, 0.15) is 12.1 Å². The molecular weight excluding hydrogens is 388 g/mol. The average Bonchev–Trinajstić information content (AvgIpc) is 3.17. The number of hydrogen-bond donors (Lipinski definition) is 0. The van der Waals surface area contributed by atoms with E-state index in [0.717, 1.165) is 47.5 Å². The van der Waals surface area contributed by atoms with Crippen LogP contribution in [-0.4, -0.2) is 53.2 Å². The van der Waals surface area contributed by atoms with Gasteiger partial charge >= 0.3 is 0 Å². The highest BCUT2D eigenvalue weighted by molar-refractivity contribution is 7.98. The molecule has 0 spiro atoms. The maximum absolute atomic E-state index is 11.6. The van der Waals surface area contributed by atoms with Crippen molar-refractivity contribution in [2.24, 2.45) is 0 Å². The highest BCUT2D eigenvalue weighted by Gasteiger charge is 2.26. The van der Waals surface area contributed by atoms with Gasteiger partial charge in [0.15, 0.2) is 0 Å². The maximum Gasteiger partial charge on any atom is 0.219 e. The predicted octanol–water partition coefficient (Wildman–Crippen LogP) is 4.53. The Morgan fingerprint density at radius 1 is 1.21 bits per heavy atom. The van der Waals surface area contributed by atoms with Gasteiger partial charge in [-0.15, -0.1) is 23.1 Å². The Hall–Kier alpha value is -2.12. The zero-order valence-corrected chi connectivity index (χ0v) is 18.0. The molecular formula is C21H24N4OS2. The van der Waals surface area contributed by atoms with Gasteiger partial charge < -0.3 is 9.80 Å². The molecule has 0 atom stereocenters. The summed E-state index contributed by atoms with van der Waals surface area (Å²) in [6, 6.07) is 9.02. The molecule has 0 N–H and O–H groups in total. The number of thioether (sulfide) groups is 1. The topological polar surface area (TPSA) is 49.3 Å². The maximum atomic E-state index is 11.6. The summed E-state index contributed by atoms with van der Waals surface area (Å²) in [4.78, 5) is 26.3.